The van der Waals surface area contributed by atoms with Crippen molar-refractivity contribution in [1.82, 2.24) is 9.88 Å². The van der Waals surface area contributed by atoms with Gasteiger partial charge in [0.2, 0.25) is 0 Å². The molecule has 3 aromatic rings. The van der Waals surface area contributed by atoms with Crippen LogP contribution in [-0.2, 0) is 19.5 Å². The lowest BCUT2D eigenvalue weighted by Gasteiger charge is -2.23. The van der Waals surface area contributed by atoms with Crippen molar-refractivity contribution in [3.8, 4) is 0 Å². The summed E-state index contributed by atoms with van der Waals surface area (Å²) in [5.41, 5.74) is 4.10. The van der Waals surface area contributed by atoms with E-state index in [0.717, 1.165) is 17.5 Å². The third-order valence-corrected chi connectivity index (χ3v) is 4.83. The van der Waals surface area contributed by atoms with Crippen molar-refractivity contribution in [2.75, 3.05) is 0 Å². The first kappa shape index (κ1) is 20.2. The van der Waals surface area contributed by atoms with Crippen LogP contribution in [0.5, 0.6) is 0 Å². The standard InChI is InChI=1S/C23H23N3O3/c1-3-18-6-8-19(9-7-18)15-25(16-20-5-4-12-24-14-20)23(27)21-10-11-22(26(28)29)17(2)13-21/h4-14H,3,15-16H2,1-2H3. The highest BCUT2D eigenvalue weighted by Gasteiger charge is 2.20. The number of aromatic nitrogens is 1. The van der Waals surface area contributed by atoms with Gasteiger partial charge in [-0.2, -0.15) is 0 Å². The van der Waals surface area contributed by atoms with Crippen LogP contribution in [0.1, 0.15) is 39.5 Å². The van der Waals surface area contributed by atoms with E-state index in [4.69, 9.17) is 0 Å². The van der Waals surface area contributed by atoms with Crippen molar-refractivity contribution in [3.05, 3.63) is 105 Å². The maximum absolute atomic E-state index is 13.2. The summed E-state index contributed by atoms with van der Waals surface area (Å²) < 4.78 is 0. The molecule has 3 rings (SSSR count). The Kier molecular flexibility index (Phi) is 6.34. The van der Waals surface area contributed by atoms with Crippen LogP contribution in [0.4, 0.5) is 5.69 Å². The molecule has 0 bridgehead atoms. The molecule has 6 nitrogen and oxygen atoms in total. The molecule has 0 atom stereocenters. The highest BCUT2D eigenvalue weighted by Crippen LogP contribution is 2.21. The van der Waals surface area contributed by atoms with E-state index in [0.29, 0.717) is 24.2 Å². The van der Waals surface area contributed by atoms with Gasteiger partial charge in [0.15, 0.2) is 0 Å². The molecule has 0 radical (unpaired) electrons. The van der Waals surface area contributed by atoms with Crippen LogP contribution in [0.2, 0.25) is 0 Å². The highest BCUT2D eigenvalue weighted by molar-refractivity contribution is 5.94. The number of carbonyl (C=O) groups excluding carboxylic acids is 1. The molecule has 148 valence electrons. The minimum absolute atomic E-state index is 0.00973. The van der Waals surface area contributed by atoms with Crippen molar-refractivity contribution in [2.45, 2.75) is 33.4 Å². The summed E-state index contributed by atoms with van der Waals surface area (Å²) in [4.78, 5) is 29.7. The minimum atomic E-state index is -0.438. The molecule has 0 spiro atoms. The molecule has 1 amide bonds. The van der Waals surface area contributed by atoms with Crippen molar-refractivity contribution in [2.24, 2.45) is 0 Å². The van der Waals surface area contributed by atoms with Gasteiger partial charge in [-0.3, -0.25) is 19.9 Å². The Hall–Kier alpha value is -3.54. The Morgan fingerprint density at radius 3 is 2.31 bits per heavy atom. The molecule has 0 aliphatic heterocycles. The second-order valence-corrected chi connectivity index (χ2v) is 6.95. The molecule has 0 aliphatic carbocycles. The Bertz CT molecular complexity index is 1000. The number of rotatable bonds is 7. The molecule has 6 heteroatoms. The number of pyridine rings is 1. The Balaban J connectivity index is 1.89. The summed E-state index contributed by atoms with van der Waals surface area (Å²) in [6, 6.07) is 16.4. The highest BCUT2D eigenvalue weighted by atomic mass is 16.6. The summed E-state index contributed by atoms with van der Waals surface area (Å²) in [5, 5.41) is 11.1. The van der Waals surface area contributed by atoms with E-state index in [1.807, 2.05) is 24.3 Å². The Morgan fingerprint density at radius 1 is 1.03 bits per heavy atom. The zero-order valence-electron chi connectivity index (χ0n) is 16.5. The topological polar surface area (TPSA) is 76.3 Å². The van der Waals surface area contributed by atoms with E-state index in [1.165, 1.54) is 17.7 Å². The second kappa shape index (κ2) is 9.10. The molecule has 2 aromatic carbocycles. The van der Waals surface area contributed by atoms with Crippen LogP contribution in [0.15, 0.2) is 67.0 Å². The predicted octanol–water partition coefficient (Wildman–Crippen LogP) is 4.70. The van der Waals surface area contributed by atoms with Gasteiger partial charge < -0.3 is 4.90 Å². The fourth-order valence-corrected chi connectivity index (χ4v) is 3.19. The van der Waals surface area contributed by atoms with E-state index in [-0.39, 0.29) is 11.6 Å². The first-order chi connectivity index (χ1) is 14.0. The number of carbonyl (C=O) groups is 1. The van der Waals surface area contributed by atoms with E-state index in [2.05, 4.69) is 24.0 Å². The normalized spacial score (nSPS) is 10.6. The Labute approximate surface area is 170 Å². The summed E-state index contributed by atoms with van der Waals surface area (Å²) in [5.74, 6) is -0.175. The van der Waals surface area contributed by atoms with Crippen LogP contribution in [0.25, 0.3) is 0 Å². The van der Waals surface area contributed by atoms with E-state index < -0.39 is 4.92 Å². The SMILES string of the molecule is CCc1ccc(CN(Cc2cccnc2)C(=O)c2ccc([N+](=O)[O-])c(C)c2)cc1. The number of amides is 1. The Morgan fingerprint density at radius 2 is 1.72 bits per heavy atom. The van der Waals surface area contributed by atoms with Gasteiger partial charge >= 0.3 is 0 Å². The quantitative estimate of drug-likeness (QED) is 0.433. The number of aryl methyl sites for hydroxylation is 2. The average Bonchev–Trinajstić information content (AvgIpc) is 2.73. The fourth-order valence-electron chi connectivity index (χ4n) is 3.19. The van der Waals surface area contributed by atoms with E-state index in [9.17, 15) is 14.9 Å². The minimum Gasteiger partial charge on any atom is -0.330 e. The van der Waals surface area contributed by atoms with Crippen molar-refractivity contribution < 1.29 is 9.72 Å². The lowest BCUT2D eigenvalue weighted by Crippen LogP contribution is -2.30. The van der Waals surface area contributed by atoms with Gasteiger partial charge in [0.25, 0.3) is 11.6 Å². The fraction of sp³-hybridized carbons (Fsp3) is 0.217. The molecule has 1 heterocycles. The molecule has 29 heavy (non-hydrogen) atoms. The number of nitrogens with zero attached hydrogens (tertiary/aromatic N) is 3. The van der Waals surface area contributed by atoms with Gasteiger partial charge in [-0.05, 0) is 48.2 Å². The second-order valence-electron chi connectivity index (χ2n) is 6.95. The molecule has 0 aliphatic rings. The van der Waals surface area contributed by atoms with Crippen molar-refractivity contribution in [3.63, 3.8) is 0 Å². The number of nitro groups is 1. The average molecular weight is 389 g/mol. The maximum atomic E-state index is 13.2. The summed E-state index contributed by atoms with van der Waals surface area (Å²) >= 11 is 0. The van der Waals surface area contributed by atoms with Gasteiger partial charge in [0.1, 0.15) is 0 Å². The van der Waals surface area contributed by atoms with E-state index >= 15 is 0 Å². The molecular weight excluding hydrogens is 366 g/mol. The van der Waals surface area contributed by atoms with Crippen LogP contribution in [0, 0.1) is 17.0 Å². The predicted molar refractivity (Wildman–Crippen MR) is 111 cm³/mol. The van der Waals surface area contributed by atoms with Crippen molar-refractivity contribution in [1.29, 1.82) is 0 Å². The van der Waals surface area contributed by atoms with Crippen molar-refractivity contribution >= 4 is 11.6 Å². The molecular formula is C23H23N3O3. The third kappa shape index (κ3) is 5.04. The van der Waals surface area contributed by atoms with Gasteiger partial charge in [-0.25, -0.2) is 0 Å². The van der Waals surface area contributed by atoms with Gasteiger partial charge in [0, 0.05) is 42.7 Å². The van der Waals surface area contributed by atoms with Crippen LogP contribution in [-0.4, -0.2) is 20.7 Å². The first-order valence-corrected chi connectivity index (χ1v) is 9.49. The molecule has 1 aromatic heterocycles. The molecule has 0 fully saturated rings. The summed E-state index contributed by atoms with van der Waals surface area (Å²) in [6.45, 7) is 4.58. The summed E-state index contributed by atoms with van der Waals surface area (Å²) in [7, 11) is 0. The zero-order chi connectivity index (χ0) is 20.8. The van der Waals surface area contributed by atoms with Gasteiger partial charge in [-0.15, -0.1) is 0 Å². The smallest absolute Gasteiger partial charge is 0.272 e. The third-order valence-electron chi connectivity index (χ3n) is 4.83. The summed E-state index contributed by atoms with van der Waals surface area (Å²) in [6.07, 6.45) is 4.39. The molecule has 0 N–H and O–H groups in total. The number of hydrogen-bond acceptors (Lipinski definition) is 4. The lowest BCUT2D eigenvalue weighted by atomic mass is 10.1. The first-order valence-electron chi connectivity index (χ1n) is 9.49. The zero-order valence-corrected chi connectivity index (χ0v) is 16.5. The van der Waals surface area contributed by atoms with Gasteiger partial charge in [0.05, 0.1) is 4.92 Å². The van der Waals surface area contributed by atoms with Crippen LogP contribution in [0.3, 0.4) is 0 Å². The number of hydrogen-bond donors (Lipinski definition) is 0. The largest absolute Gasteiger partial charge is 0.330 e. The lowest BCUT2D eigenvalue weighted by molar-refractivity contribution is -0.385. The van der Waals surface area contributed by atoms with Crippen LogP contribution >= 0.6 is 0 Å². The number of benzene rings is 2. The van der Waals surface area contributed by atoms with E-state index in [1.54, 1.807) is 30.3 Å². The molecule has 0 saturated heterocycles. The van der Waals surface area contributed by atoms with Gasteiger partial charge in [-0.1, -0.05) is 37.3 Å². The maximum Gasteiger partial charge on any atom is 0.272 e. The number of nitro benzene ring substituents is 1. The monoisotopic (exact) mass is 389 g/mol. The van der Waals surface area contributed by atoms with Crippen LogP contribution < -0.4 is 0 Å². The molecule has 0 saturated carbocycles. The molecule has 0 unspecified atom stereocenters.